The Morgan fingerprint density at radius 3 is 2.59 bits per heavy atom. The summed E-state index contributed by atoms with van der Waals surface area (Å²) in [6.07, 6.45) is 1.51. The van der Waals surface area contributed by atoms with Crippen LogP contribution in [0, 0.1) is 0 Å². The van der Waals surface area contributed by atoms with Gasteiger partial charge in [-0.1, -0.05) is 0 Å². The quantitative estimate of drug-likeness (QED) is 0.700. The highest BCUT2D eigenvalue weighted by molar-refractivity contribution is 7.14. The minimum absolute atomic E-state index is 0.136. The molecule has 0 aliphatic rings. The van der Waals surface area contributed by atoms with E-state index < -0.39 is 0 Å². The molecular weight excluding hydrogens is 361 g/mol. The molecule has 0 radical (unpaired) electrons. The molecule has 0 saturated heterocycles. The molecule has 3 aromatic rings. The topological polar surface area (TPSA) is 80.2 Å². The van der Waals surface area contributed by atoms with E-state index in [1.54, 1.807) is 38.4 Å². The smallest absolute Gasteiger partial charge is 0.259 e. The van der Waals surface area contributed by atoms with E-state index in [2.05, 4.69) is 20.3 Å². The highest BCUT2D eigenvalue weighted by atomic mass is 32.1. The molecular formula is C19H21N5O2S. The number of hydrogen-bond acceptors (Lipinski definition) is 7. The third-order valence-corrected chi connectivity index (χ3v) is 4.70. The summed E-state index contributed by atoms with van der Waals surface area (Å²) in [4.78, 5) is 27.3. The molecule has 0 aliphatic heterocycles. The normalized spacial score (nSPS) is 10.7. The third kappa shape index (κ3) is 4.40. The van der Waals surface area contributed by atoms with Crippen LogP contribution in [0.4, 0.5) is 10.9 Å². The van der Waals surface area contributed by atoms with Gasteiger partial charge >= 0.3 is 0 Å². The second-order valence-electron chi connectivity index (χ2n) is 6.20. The van der Waals surface area contributed by atoms with E-state index in [9.17, 15) is 4.79 Å². The Morgan fingerprint density at radius 1 is 1.19 bits per heavy atom. The second-order valence-corrected chi connectivity index (χ2v) is 7.03. The van der Waals surface area contributed by atoms with Crippen molar-refractivity contribution in [3.63, 3.8) is 0 Å². The van der Waals surface area contributed by atoms with Crippen LogP contribution in [0.5, 0.6) is 5.75 Å². The zero-order chi connectivity index (χ0) is 19.4. The first-order chi connectivity index (χ1) is 13.0. The molecule has 1 amide bonds. The van der Waals surface area contributed by atoms with Crippen LogP contribution in [0.1, 0.15) is 24.2 Å². The predicted octanol–water partition coefficient (Wildman–Crippen LogP) is 3.71. The van der Waals surface area contributed by atoms with Gasteiger partial charge in [0.15, 0.2) is 5.13 Å². The number of ether oxygens (including phenoxy) is 1. The zero-order valence-electron chi connectivity index (χ0n) is 15.6. The molecule has 2 heterocycles. The minimum atomic E-state index is -0.136. The maximum absolute atomic E-state index is 12.7. The van der Waals surface area contributed by atoms with Crippen LogP contribution in [-0.2, 0) is 0 Å². The fraction of sp³-hybridized carbons (Fsp3) is 0.263. The fourth-order valence-corrected chi connectivity index (χ4v) is 3.20. The number of thiazole rings is 1. The Labute approximate surface area is 162 Å². The summed E-state index contributed by atoms with van der Waals surface area (Å²) < 4.78 is 5.13. The summed E-state index contributed by atoms with van der Waals surface area (Å²) in [6, 6.07) is 9.12. The highest BCUT2D eigenvalue weighted by Gasteiger charge is 2.17. The predicted molar refractivity (Wildman–Crippen MR) is 108 cm³/mol. The van der Waals surface area contributed by atoms with Crippen LogP contribution in [-0.4, -0.2) is 41.1 Å². The number of nitrogens with one attached hydrogen (secondary N) is 1. The molecule has 2 aromatic heterocycles. The van der Waals surface area contributed by atoms with Crippen LogP contribution in [0.3, 0.4) is 0 Å². The van der Waals surface area contributed by atoms with Gasteiger partial charge < -0.3 is 10.1 Å². The Bertz CT molecular complexity index is 924. The number of rotatable bonds is 6. The first kappa shape index (κ1) is 18.8. The zero-order valence-corrected chi connectivity index (χ0v) is 16.4. The van der Waals surface area contributed by atoms with E-state index in [0.29, 0.717) is 27.8 Å². The van der Waals surface area contributed by atoms with Gasteiger partial charge in [0.2, 0.25) is 0 Å². The Kier molecular flexibility index (Phi) is 5.66. The minimum Gasteiger partial charge on any atom is -0.497 e. The summed E-state index contributed by atoms with van der Waals surface area (Å²) in [7, 11) is 3.30. The van der Waals surface area contributed by atoms with Crippen molar-refractivity contribution in [1.82, 2.24) is 15.0 Å². The van der Waals surface area contributed by atoms with E-state index in [1.807, 2.05) is 25.3 Å². The monoisotopic (exact) mass is 382 g/mol. The van der Waals surface area contributed by atoms with Crippen molar-refractivity contribution in [1.29, 1.82) is 0 Å². The molecule has 0 bridgehead atoms. The van der Waals surface area contributed by atoms with Gasteiger partial charge in [-0.05, 0) is 38.1 Å². The summed E-state index contributed by atoms with van der Waals surface area (Å²) >= 11 is 1.39. The number of methoxy groups -OCH3 is 1. The molecule has 0 aliphatic carbocycles. The number of benzene rings is 1. The van der Waals surface area contributed by atoms with Crippen molar-refractivity contribution in [3.8, 4) is 17.1 Å². The fourth-order valence-electron chi connectivity index (χ4n) is 2.42. The second kappa shape index (κ2) is 8.13. The molecule has 7 nitrogen and oxygen atoms in total. The summed E-state index contributed by atoms with van der Waals surface area (Å²) in [5.41, 5.74) is 1.99. The highest BCUT2D eigenvalue weighted by Crippen LogP contribution is 2.27. The third-order valence-electron chi connectivity index (χ3n) is 3.79. The average Bonchev–Trinajstić information content (AvgIpc) is 3.17. The largest absolute Gasteiger partial charge is 0.497 e. The van der Waals surface area contributed by atoms with E-state index >= 15 is 0 Å². The number of anilines is 2. The molecule has 0 saturated carbocycles. The Balaban J connectivity index is 1.79. The first-order valence-electron chi connectivity index (χ1n) is 8.44. The van der Waals surface area contributed by atoms with Crippen LogP contribution >= 0.6 is 11.3 Å². The molecule has 0 unspecified atom stereocenters. The van der Waals surface area contributed by atoms with Crippen LogP contribution in [0.2, 0.25) is 0 Å². The summed E-state index contributed by atoms with van der Waals surface area (Å²) in [5.74, 6) is 1.32. The maximum Gasteiger partial charge on any atom is 0.259 e. The van der Waals surface area contributed by atoms with Gasteiger partial charge in [0.25, 0.3) is 5.91 Å². The maximum atomic E-state index is 12.7. The van der Waals surface area contributed by atoms with Crippen LogP contribution in [0.15, 0.2) is 42.0 Å². The number of carbonyl (C=O) groups excluding carboxylic acids is 1. The van der Waals surface area contributed by atoms with E-state index in [1.165, 1.54) is 22.6 Å². The molecule has 140 valence electrons. The van der Waals surface area contributed by atoms with Gasteiger partial charge in [0, 0.05) is 30.1 Å². The molecule has 0 spiro atoms. The van der Waals surface area contributed by atoms with Crippen molar-refractivity contribution in [2.24, 2.45) is 0 Å². The Morgan fingerprint density at radius 2 is 1.93 bits per heavy atom. The average molecular weight is 382 g/mol. The van der Waals surface area contributed by atoms with Gasteiger partial charge in [-0.25, -0.2) is 15.0 Å². The van der Waals surface area contributed by atoms with Gasteiger partial charge in [-0.15, -0.1) is 11.3 Å². The molecule has 27 heavy (non-hydrogen) atoms. The molecule has 1 N–H and O–H groups in total. The van der Waals surface area contributed by atoms with Gasteiger partial charge in [-0.2, -0.15) is 0 Å². The van der Waals surface area contributed by atoms with Gasteiger partial charge in [-0.3, -0.25) is 9.69 Å². The summed E-state index contributed by atoms with van der Waals surface area (Å²) in [5, 5.41) is 5.73. The van der Waals surface area contributed by atoms with Gasteiger partial charge in [0.1, 0.15) is 23.6 Å². The number of nitrogens with zero attached hydrogens (tertiary/aromatic N) is 4. The molecule has 3 rings (SSSR count). The van der Waals surface area contributed by atoms with Crippen molar-refractivity contribution in [3.05, 3.63) is 47.6 Å². The lowest BCUT2D eigenvalue weighted by Gasteiger charge is -2.14. The molecule has 0 atom stereocenters. The lowest BCUT2D eigenvalue weighted by molar-refractivity contribution is 0.0993. The molecule has 8 heteroatoms. The molecule has 0 fully saturated rings. The standard InChI is InChI=1S/C19H21N5O2S/c1-12(2)22-17-9-15(20-11-21-17)16-10-27-19(23-16)24(3)18(25)13-5-7-14(26-4)8-6-13/h5-12H,1-4H3,(H,20,21,22)/i4-1. The Hall–Kier alpha value is -3.00. The van der Waals surface area contributed by atoms with Crippen molar-refractivity contribution >= 4 is 28.2 Å². The first-order valence-corrected chi connectivity index (χ1v) is 9.32. The molecule has 1 aromatic carbocycles. The number of amides is 1. The number of hydrogen-bond donors (Lipinski definition) is 1. The number of aromatic nitrogens is 3. The van der Waals surface area contributed by atoms with Gasteiger partial charge in [0.05, 0.1) is 12.8 Å². The van der Waals surface area contributed by atoms with Crippen molar-refractivity contribution < 1.29 is 9.53 Å². The van der Waals surface area contributed by atoms with Crippen molar-refractivity contribution in [2.75, 3.05) is 24.4 Å². The summed E-state index contributed by atoms with van der Waals surface area (Å²) in [6.45, 7) is 4.09. The van der Waals surface area contributed by atoms with Crippen LogP contribution < -0.4 is 15.0 Å². The SMILES string of the molecule is CC(C)Nc1cc(-c2csc(N(C)C(=O)c3ccc(O[11CH3])cc3)n2)ncn1. The number of carbonyl (C=O) groups is 1. The lowest BCUT2D eigenvalue weighted by Crippen LogP contribution is -2.26. The van der Waals surface area contributed by atoms with E-state index in [0.717, 1.165) is 5.82 Å². The van der Waals surface area contributed by atoms with Crippen molar-refractivity contribution in [2.45, 2.75) is 19.9 Å². The lowest BCUT2D eigenvalue weighted by atomic mass is 10.2. The van der Waals surface area contributed by atoms with E-state index in [-0.39, 0.29) is 11.9 Å². The van der Waals surface area contributed by atoms with Crippen LogP contribution in [0.25, 0.3) is 11.4 Å². The van der Waals surface area contributed by atoms with E-state index in [4.69, 9.17) is 4.74 Å².